The van der Waals surface area contributed by atoms with Gasteiger partial charge < -0.3 is 9.73 Å². The average molecular weight is 401 g/mol. The van der Waals surface area contributed by atoms with Gasteiger partial charge in [-0.1, -0.05) is 0 Å². The Morgan fingerprint density at radius 3 is 2.64 bits per heavy atom. The molecule has 9 nitrogen and oxygen atoms in total. The van der Waals surface area contributed by atoms with Crippen LogP contribution in [0.25, 0.3) is 11.1 Å². The van der Waals surface area contributed by atoms with E-state index in [0.29, 0.717) is 28.6 Å². The van der Waals surface area contributed by atoms with Crippen LogP contribution in [-0.4, -0.2) is 30.5 Å². The number of nitro benzene ring substituents is 1. The lowest BCUT2D eigenvalue weighted by atomic mass is 10.2. The van der Waals surface area contributed by atoms with Crippen molar-refractivity contribution in [2.75, 3.05) is 11.6 Å². The first kappa shape index (κ1) is 18.1. The molecule has 0 aliphatic heterocycles. The van der Waals surface area contributed by atoms with E-state index in [4.69, 9.17) is 4.42 Å². The molecule has 3 aromatic rings. The fraction of sp³-hybridized carbons (Fsp3) is 0.222. The van der Waals surface area contributed by atoms with Gasteiger partial charge in [-0.05, 0) is 37.1 Å². The molecule has 1 amide bonds. The van der Waals surface area contributed by atoms with Crippen molar-refractivity contribution in [3.8, 4) is 0 Å². The van der Waals surface area contributed by atoms with Crippen molar-refractivity contribution in [2.24, 2.45) is 0 Å². The smallest absolute Gasteiger partial charge is 0.271 e. The topological polar surface area (TPSA) is 132 Å². The number of carbonyl (C=O) groups is 1. The van der Waals surface area contributed by atoms with Crippen LogP contribution in [0.2, 0.25) is 0 Å². The summed E-state index contributed by atoms with van der Waals surface area (Å²) in [6, 6.07) is 8.00. The zero-order valence-corrected chi connectivity index (χ0v) is 15.5. The third-order valence-corrected chi connectivity index (χ3v) is 5.47. The fourth-order valence-corrected chi connectivity index (χ4v) is 3.44. The Balaban J connectivity index is 1.65. The monoisotopic (exact) mass is 401 g/mol. The Hall–Kier alpha value is -3.27. The van der Waals surface area contributed by atoms with Gasteiger partial charge in [0.25, 0.3) is 11.6 Å². The van der Waals surface area contributed by atoms with Crippen molar-refractivity contribution in [2.45, 2.75) is 23.7 Å². The number of aromatic nitrogens is 1. The number of non-ortho nitro benzene ring substituents is 1. The second kappa shape index (κ2) is 6.41. The normalized spacial score (nSPS) is 14.2. The summed E-state index contributed by atoms with van der Waals surface area (Å²) >= 11 is 0. The van der Waals surface area contributed by atoms with Crippen LogP contribution in [0.3, 0.4) is 0 Å². The first-order valence-electron chi connectivity index (χ1n) is 8.42. The Kier molecular flexibility index (Phi) is 4.15. The van der Waals surface area contributed by atoms with Crippen LogP contribution in [0.5, 0.6) is 0 Å². The maximum absolute atomic E-state index is 12.6. The van der Waals surface area contributed by atoms with Gasteiger partial charge in [-0.25, -0.2) is 13.4 Å². The molecular formula is C18H15N3O6S. The lowest BCUT2D eigenvalue weighted by molar-refractivity contribution is -0.385. The number of oxazole rings is 1. The van der Waals surface area contributed by atoms with Gasteiger partial charge >= 0.3 is 0 Å². The number of hydrogen-bond donors (Lipinski definition) is 1. The largest absolute Gasteiger partial charge is 0.440 e. The Morgan fingerprint density at radius 2 is 2.00 bits per heavy atom. The molecule has 1 aromatic heterocycles. The van der Waals surface area contributed by atoms with Crippen molar-refractivity contribution in [1.82, 2.24) is 4.98 Å². The number of carbonyl (C=O) groups excluding carboxylic acids is 1. The van der Waals surface area contributed by atoms with Crippen molar-refractivity contribution in [3.05, 3.63) is 58.0 Å². The standard InChI is InChI=1S/C18H15N3O6S/c1-28(25,26)14-7-11(6-13(9-14)21(23)24)17(22)19-12-4-5-16-15(8-12)20-18(27-16)10-2-3-10/h4-10H,2-3H2,1H3,(H,19,22). The molecule has 0 atom stereocenters. The minimum absolute atomic E-state index is 0.131. The summed E-state index contributed by atoms with van der Waals surface area (Å²) in [7, 11) is -3.72. The molecule has 1 saturated carbocycles. The molecule has 4 rings (SSSR count). The molecule has 10 heteroatoms. The van der Waals surface area contributed by atoms with Gasteiger partial charge in [-0.15, -0.1) is 0 Å². The van der Waals surface area contributed by atoms with Crippen LogP contribution in [0.15, 0.2) is 45.7 Å². The third-order valence-electron chi connectivity index (χ3n) is 4.38. The summed E-state index contributed by atoms with van der Waals surface area (Å²) in [6.07, 6.45) is 3.02. The van der Waals surface area contributed by atoms with E-state index in [1.165, 1.54) is 0 Å². The first-order chi connectivity index (χ1) is 13.2. The number of hydrogen-bond acceptors (Lipinski definition) is 7. The fourth-order valence-electron chi connectivity index (χ4n) is 2.77. The molecule has 28 heavy (non-hydrogen) atoms. The molecule has 0 radical (unpaired) electrons. The summed E-state index contributed by atoms with van der Waals surface area (Å²) in [5.74, 6) is 0.360. The van der Waals surface area contributed by atoms with Crippen molar-refractivity contribution in [3.63, 3.8) is 0 Å². The molecule has 1 aliphatic rings. The van der Waals surface area contributed by atoms with E-state index in [0.717, 1.165) is 37.3 Å². The highest BCUT2D eigenvalue weighted by molar-refractivity contribution is 7.90. The Bertz CT molecular complexity index is 1230. The van der Waals surface area contributed by atoms with Gasteiger partial charge in [0, 0.05) is 35.6 Å². The van der Waals surface area contributed by atoms with Gasteiger partial charge in [-0.3, -0.25) is 14.9 Å². The molecule has 0 unspecified atom stereocenters. The number of nitrogens with zero attached hydrogens (tertiary/aromatic N) is 2. The minimum atomic E-state index is -3.72. The lowest BCUT2D eigenvalue weighted by Crippen LogP contribution is -2.13. The summed E-state index contributed by atoms with van der Waals surface area (Å²) in [6.45, 7) is 0. The summed E-state index contributed by atoms with van der Waals surface area (Å²) in [4.78, 5) is 27.0. The highest BCUT2D eigenvalue weighted by Gasteiger charge is 2.29. The molecular weight excluding hydrogens is 386 g/mol. The zero-order valence-electron chi connectivity index (χ0n) is 14.7. The summed E-state index contributed by atoms with van der Waals surface area (Å²) < 4.78 is 29.2. The number of nitrogens with one attached hydrogen (secondary N) is 1. The molecule has 0 saturated heterocycles. The number of benzene rings is 2. The lowest BCUT2D eigenvalue weighted by Gasteiger charge is -2.07. The quantitative estimate of drug-likeness (QED) is 0.512. The van der Waals surface area contributed by atoms with Crippen LogP contribution >= 0.6 is 0 Å². The van der Waals surface area contributed by atoms with Crippen LogP contribution in [0.4, 0.5) is 11.4 Å². The predicted molar refractivity (Wildman–Crippen MR) is 100 cm³/mol. The average Bonchev–Trinajstić information content (AvgIpc) is 3.40. The molecule has 1 aliphatic carbocycles. The van der Waals surface area contributed by atoms with E-state index in [9.17, 15) is 23.3 Å². The molecule has 2 aromatic carbocycles. The van der Waals surface area contributed by atoms with Crippen LogP contribution < -0.4 is 5.32 Å². The number of amides is 1. The van der Waals surface area contributed by atoms with E-state index in [1.54, 1.807) is 18.2 Å². The van der Waals surface area contributed by atoms with Gasteiger partial charge in [-0.2, -0.15) is 0 Å². The number of nitro groups is 1. The van der Waals surface area contributed by atoms with E-state index < -0.39 is 26.4 Å². The third kappa shape index (κ3) is 3.58. The van der Waals surface area contributed by atoms with Gasteiger partial charge in [0.15, 0.2) is 21.3 Å². The molecule has 1 N–H and O–H groups in total. The van der Waals surface area contributed by atoms with Crippen molar-refractivity contribution >= 4 is 38.2 Å². The molecule has 144 valence electrons. The molecule has 0 spiro atoms. The van der Waals surface area contributed by atoms with E-state index in [-0.39, 0.29) is 10.5 Å². The molecule has 1 fully saturated rings. The highest BCUT2D eigenvalue weighted by Crippen LogP contribution is 2.40. The molecule has 0 bridgehead atoms. The van der Waals surface area contributed by atoms with Crippen LogP contribution in [0.1, 0.15) is 35.0 Å². The van der Waals surface area contributed by atoms with E-state index >= 15 is 0 Å². The maximum Gasteiger partial charge on any atom is 0.271 e. The van der Waals surface area contributed by atoms with Gasteiger partial charge in [0.2, 0.25) is 0 Å². The maximum atomic E-state index is 12.6. The van der Waals surface area contributed by atoms with Crippen molar-refractivity contribution in [1.29, 1.82) is 0 Å². The number of sulfone groups is 1. The highest BCUT2D eigenvalue weighted by atomic mass is 32.2. The molecule has 1 heterocycles. The summed E-state index contributed by atoms with van der Waals surface area (Å²) in [5, 5.41) is 13.7. The van der Waals surface area contributed by atoms with Crippen LogP contribution in [0, 0.1) is 10.1 Å². The first-order valence-corrected chi connectivity index (χ1v) is 10.3. The second-order valence-electron chi connectivity index (χ2n) is 6.71. The minimum Gasteiger partial charge on any atom is -0.440 e. The van der Waals surface area contributed by atoms with E-state index in [2.05, 4.69) is 10.3 Å². The number of anilines is 1. The second-order valence-corrected chi connectivity index (χ2v) is 8.72. The number of fused-ring (bicyclic) bond motifs is 1. The zero-order chi connectivity index (χ0) is 20.1. The van der Waals surface area contributed by atoms with Crippen LogP contribution in [-0.2, 0) is 9.84 Å². The number of rotatable bonds is 5. The Morgan fingerprint density at radius 1 is 1.25 bits per heavy atom. The predicted octanol–water partition coefficient (Wildman–Crippen LogP) is 3.27. The van der Waals surface area contributed by atoms with Crippen molar-refractivity contribution < 1.29 is 22.6 Å². The van der Waals surface area contributed by atoms with E-state index in [1.807, 2.05) is 0 Å². The van der Waals surface area contributed by atoms with Gasteiger partial charge in [0.1, 0.15) is 5.52 Å². The van der Waals surface area contributed by atoms with Gasteiger partial charge in [0.05, 0.1) is 9.82 Å². The summed E-state index contributed by atoms with van der Waals surface area (Å²) in [5.41, 5.74) is 1.01. The SMILES string of the molecule is CS(=O)(=O)c1cc(C(=O)Nc2ccc3oc(C4CC4)nc3c2)cc([N+](=O)[O-])c1. The Labute approximate surface area is 159 Å².